The molecule has 0 aliphatic heterocycles. The molecule has 0 heterocycles. The maximum Gasteiger partial charge on any atom is -0.00201 e. The molecule has 56 heavy (non-hydrogen) atoms. The van der Waals surface area contributed by atoms with Crippen molar-refractivity contribution >= 4 is 44.5 Å². The van der Waals surface area contributed by atoms with Crippen LogP contribution in [0.3, 0.4) is 0 Å². The lowest BCUT2D eigenvalue weighted by Crippen LogP contribution is -1.93. The molecule has 0 saturated heterocycles. The second kappa shape index (κ2) is 14.5. The van der Waals surface area contributed by atoms with Gasteiger partial charge in [0.2, 0.25) is 0 Å². The fourth-order valence-electron chi connectivity index (χ4n) is 8.39. The molecule has 0 amide bonds. The predicted molar refractivity (Wildman–Crippen MR) is 242 cm³/mol. The third-order valence-corrected chi connectivity index (χ3v) is 11.1. The van der Waals surface area contributed by atoms with Crippen LogP contribution in [0.15, 0.2) is 218 Å². The minimum absolute atomic E-state index is 1.18. The summed E-state index contributed by atoms with van der Waals surface area (Å²) in [6.07, 6.45) is 4.48. The van der Waals surface area contributed by atoms with Gasteiger partial charge in [-0.25, -0.2) is 0 Å². The maximum absolute atomic E-state index is 2.38. The van der Waals surface area contributed by atoms with E-state index < -0.39 is 0 Å². The summed E-state index contributed by atoms with van der Waals surface area (Å²) in [5, 5.41) is 7.48. The second-order valence-electron chi connectivity index (χ2n) is 14.4. The molecule has 10 rings (SSSR count). The van der Waals surface area contributed by atoms with Gasteiger partial charge in [0, 0.05) is 0 Å². The minimum atomic E-state index is 1.18. The fraction of sp³-hybridized carbons (Fsp3) is 0. The monoisotopic (exact) mass is 710 g/mol. The van der Waals surface area contributed by atoms with E-state index in [9.17, 15) is 0 Å². The summed E-state index contributed by atoms with van der Waals surface area (Å²) in [6.45, 7) is 0. The average Bonchev–Trinajstić information content (AvgIpc) is 3.28. The Morgan fingerprint density at radius 1 is 0.232 bits per heavy atom. The average molecular weight is 711 g/mol. The van der Waals surface area contributed by atoms with E-state index in [1.54, 1.807) is 0 Å². The van der Waals surface area contributed by atoms with Crippen LogP contribution < -0.4 is 0 Å². The van der Waals surface area contributed by atoms with Crippen LogP contribution in [0.25, 0.3) is 100 Å². The topological polar surface area (TPSA) is 0 Å². The quantitative estimate of drug-likeness (QED) is 0.114. The highest BCUT2D eigenvalue weighted by atomic mass is 14.2. The van der Waals surface area contributed by atoms with Crippen molar-refractivity contribution in [3.63, 3.8) is 0 Å². The highest BCUT2D eigenvalue weighted by Gasteiger charge is 2.19. The first-order valence-corrected chi connectivity index (χ1v) is 19.3. The van der Waals surface area contributed by atoms with Crippen LogP contribution in [0.5, 0.6) is 0 Å². The van der Waals surface area contributed by atoms with Crippen molar-refractivity contribution in [2.75, 3.05) is 0 Å². The number of fused-ring (bicyclic) bond motifs is 3. The van der Waals surface area contributed by atoms with Crippen molar-refractivity contribution in [1.29, 1.82) is 0 Å². The van der Waals surface area contributed by atoms with Gasteiger partial charge in [-0.1, -0.05) is 212 Å². The van der Waals surface area contributed by atoms with E-state index in [4.69, 9.17) is 0 Å². The van der Waals surface area contributed by atoms with E-state index in [2.05, 4.69) is 231 Å². The van der Waals surface area contributed by atoms with Gasteiger partial charge in [-0.05, 0) is 117 Å². The van der Waals surface area contributed by atoms with E-state index in [-0.39, 0.29) is 0 Å². The van der Waals surface area contributed by atoms with Gasteiger partial charge in [0.1, 0.15) is 0 Å². The van der Waals surface area contributed by atoms with Gasteiger partial charge in [0.05, 0.1) is 0 Å². The molecule has 10 aromatic carbocycles. The molecule has 0 spiro atoms. The largest absolute Gasteiger partial charge is 0.0622 e. The van der Waals surface area contributed by atoms with Crippen LogP contribution in [0.4, 0.5) is 0 Å². The Balaban J connectivity index is 1.14. The van der Waals surface area contributed by atoms with Crippen LogP contribution >= 0.6 is 0 Å². The number of benzene rings is 10. The Morgan fingerprint density at radius 3 is 1.14 bits per heavy atom. The summed E-state index contributed by atoms with van der Waals surface area (Å²) in [5.41, 5.74) is 14.7. The molecule has 0 atom stereocenters. The van der Waals surface area contributed by atoms with Crippen molar-refractivity contribution in [1.82, 2.24) is 0 Å². The van der Waals surface area contributed by atoms with Crippen LogP contribution in [0, 0.1) is 0 Å². The van der Waals surface area contributed by atoms with Crippen LogP contribution in [-0.2, 0) is 0 Å². The zero-order valence-electron chi connectivity index (χ0n) is 30.9. The Morgan fingerprint density at radius 2 is 0.625 bits per heavy atom. The number of rotatable bonds is 7. The summed E-state index contributed by atoms with van der Waals surface area (Å²) < 4.78 is 0. The van der Waals surface area contributed by atoms with Gasteiger partial charge in [-0.2, -0.15) is 0 Å². The normalized spacial score (nSPS) is 11.5. The van der Waals surface area contributed by atoms with Crippen LogP contribution in [-0.4, -0.2) is 0 Å². The molecule has 0 nitrogen and oxygen atoms in total. The third kappa shape index (κ3) is 6.18. The molecule has 262 valence electrons. The van der Waals surface area contributed by atoms with Crippen molar-refractivity contribution in [2.45, 2.75) is 0 Å². The highest BCUT2D eigenvalue weighted by Crippen LogP contribution is 2.47. The Hall–Kier alpha value is -7.28. The van der Waals surface area contributed by atoms with Gasteiger partial charge in [-0.15, -0.1) is 0 Å². The molecule has 0 aliphatic carbocycles. The van der Waals surface area contributed by atoms with E-state index in [0.29, 0.717) is 0 Å². The van der Waals surface area contributed by atoms with Gasteiger partial charge in [-0.3, -0.25) is 0 Å². The summed E-state index contributed by atoms with van der Waals surface area (Å²) in [4.78, 5) is 0. The molecule has 0 unspecified atom stereocenters. The molecule has 0 bridgehead atoms. The Bertz CT molecular complexity index is 2910. The van der Waals surface area contributed by atoms with Crippen molar-refractivity contribution in [3.8, 4) is 55.6 Å². The van der Waals surface area contributed by atoms with Gasteiger partial charge in [0.15, 0.2) is 0 Å². The van der Waals surface area contributed by atoms with Crippen LogP contribution in [0.2, 0.25) is 0 Å². The SMILES string of the molecule is C(=Cc1ccc(-c2c3ccccc3c(-c3cc(-c4ccccc4)cc(-c4ccccc4)c3)c3ccccc23)c2ccccc12)c1ccc(-c2ccccc2)cc1. The summed E-state index contributed by atoms with van der Waals surface area (Å²) in [7, 11) is 0. The van der Waals surface area contributed by atoms with Crippen molar-refractivity contribution < 1.29 is 0 Å². The molecule has 0 aromatic heterocycles. The summed E-state index contributed by atoms with van der Waals surface area (Å²) in [5.74, 6) is 0. The molecule has 0 saturated carbocycles. The van der Waals surface area contributed by atoms with Crippen molar-refractivity contribution in [2.24, 2.45) is 0 Å². The van der Waals surface area contributed by atoms with Crippen LogP contribution in [0.1, 0.15) is 11.1 Å². The first kappa shape index (κ1) is 33.3. The molecule has 0 fully saturated rings. The predicted octanol–water partition coefficient (Wildman–Crippen LogP) is 15.7. The molecular weight excluding hydrogens is 673 g/mol. The minimum Gasteiger partial charge on any atom is -0.0622 e. The van der Waals surface area contributed by atoms with E-state index in [1.165, 1.54) is 99.1 Å². The number of hydrogen-bond donors (Lipinski definition) is 0. The van der Waals surface area contributed by atoms with E-state index >= 15 is 0 Å². The highest BCUT2D eigenvalue weighted by molar-refractivity contribution is 6.24. The molecule has 0 heteroatoms. The first-order valence-electron chi connectivity index (χ1n) is 19.3. The molecule has 10 aromatic rings. The Kier molecular flexibility index (Phi) is 8.63. The van der Waals surface area contributed by atoms with Gasteiger partial charge >= 0.3 is 0 Å². The molecule has 0 radical (unpaired) electrons. The summed E-state index contributed by atoms with van der Waals surface area (Å²) in [6, 6.07) is 79.4. The molecular formula is C56H38. The van der Waals surface area contributed by atoms with Gasteiger partial charge < -0.3 is 0 Å². The summed E-state index contributed by atoms with van der Waals surface area (Å²) >= 11 is 0. The lowest BCUT2D eigenvalue weighted by molar-refractivity contribution is 1.58. The maximum atomic E-state index is 2.38. The molecule has 0 N–H and O–H groups in total. The van der Waals surface area contributed by atoms with E-state index in [0.717, 1.165) is 0 Å². The first-order chi connectivity index (χ1) is 27.8. The van der Waals surface area contributed by atoms with Gasteiger partial charge in [0.25, 0.3) is 0 Å². The lowest BCUT2D eigenvalue weighted by atomic mass is 9.83. The lowest BCUT2D eigenvalue weighted by Gasteiger charge is -2.20. The zero-order chi connectivity index (χ0) is 37.3. The zero-order valence-corrected chi connectivity index (χ0v) is 30.9. The Labute approximate surface area is 328 Å². The number of hydrogen-bond acceptors (Lipinski definition) is 0. The van der Waals surface area contributed by atoms with E-state index in [1.807, 2.05) is 0 Å². The van der Waals surface area contributed by atoms with Crippen molar-refractivity contribution in [3.05, 3.63) is 230 Å². The molecule has 0 aliphatic rings. The standard InChI is InChI=1S/C56H38/c1-4-16-40(17-5-1)43-31-28-39(29-32-43)30-33-44-34-35-54(49-23-11-10-22-48(44)49)56-52-26-14-12-24-50(52)55(51-25-13-15-27-53(51)56)47-37-45(41-18-6-2-7-19-41)36-46(38-47)42-20-8-3-9-21-42/h1-38H. The third-order valence-electron chi connectivity index (χ3n) is 11.1. The smallest absolute Gasteiger partial charge is 0.00201 e. The fourth-order valence-corrected chi connectivity index (χ4v) is 8.39. The second-order valence-corrected chi connectivity index (χ2v) is 14.4.